The zero-order chi connectivity index (χ0) is 19.4. The summed E-state index contributed by atoms with van der Waals surface area (Å²) in [5.41, 5.74) is 0.441. The Morgan fingerprint density at radius 2 is 2.11 bits per heavy atom. The van der Waals surface area contributed by atoms with Gasteiger partial charge in [0.05, 0.1) is 0 Å². The van der Waals surface area contributed by atoms with E-state index in [2.05, 4.69) is 15.6 Å². The van der Waals surface area contributed by atoms with Crippen molar-refractivity contribution < 1.29 is 27.9 Å². The lowest BCUT2D eigenvalue weighted by Crippen LogP contribution is -2.38. The number of nitrogens with zero attached hydrogens (tertiary/aromatic N) is 2. The Hall–Kier alpha value is -3.56. The summed E-state index contributed by atoms with van der Waals surface area (Å²) in [6, 6.07) is 5.43. The number of pyridine rings is 1. The molecule has 1 aromatic carbocycles. The number of benzene rings is 1. The molecule has 2 aromatic rings. The first-order chi connectivity index (χ1) is 12.9. The van der Waals surface area contributed by atoms with Crippen LogP contribution in [0.3, 0.4) is 0 Å². The van der Waals surface area contributed by atoms with Gasteiger partial charge in [0.1, 0.15) is 18.9 Å². The Morgan fingerprint density at radius 1 is 1.30 bits per heavy atom. The lowest BCUT2D eigenvalue weighted by Gasteiger charge is -2.14. The number of carbonyl (C=O) groups is 3. The summed E-state index contributed by atoms with van der Waals surface area (Å²) in [4.78, 5) is 39.6. The van der Waals surface area contributed by atoms with Gasteiger partial charge in [-0.05, 0) is 18.2 Å². The van der Waals surface area contributed by atoms with Crippen LogP contribution >= 0.6 is 0 Å². The summed E-state index contributed by atoms with van der Waals surface area (Å²) in [5.74, 6) is -2.77. The van der Waals surface area contributed by atoms with Gasteiger partial charge in [-0.3, -0.25) is 14.9 Å². The molecule has 0 atom stereocenters. The van der Waals surface area contributed by atoms with Gasteiger partial charge in [0, 0.05) is 24.4 Å². The highest BCUT2D eigenvalue weighted by atomic mass is 19.1. The second-order valence-electron chi connectivity index (χ2n) is 5.63. The molecule has 2 heterocycles. The Balaban J connectivity index is 1.63. The predicted octanol–water partition coefficient (Wildman–Crippen LogP) is 1.32. The molecule has 1 aromatic heterocycles. The third kappa shape index (κ3) is 4.54. The van der Waals surface area contributed by atoms with Gasteiger partial charge in [-0.15, -0.1) is 0 Å². The maximum absolute atomic E-state index is 13.7. The fourth-order valence-electron chi connectivity index (χ4n) is 2.35. The van der Waals surface area contributed by atoms with E-state index in [1.54, 1.807) is 12.1 Å². The molecule has 140 valence electrons. The number of amides is 4. The Kier molecular flexibility index (Phi) is 5.25. The highest BCUT2D eigenvalue weighted by molar-refractivity contribution is 6.03. The van der Waals surface area contributed by atoms with E-state index in [4.69, 9.17) is 4.74 Å². The van der Waals surface area contributed by atoms with E-state index < -0.39 is 29.5 Å². The van der Waals surface area contributed by atoms with Crippen molar-refractivity contribution in [2.75, 3.05) is 13.1 Å². The first-order valence-corrected chi connectivity index (χ1v) is 7.84. The zero-order valence-electron chi connectivity index (χ0n) is 13.9. The van der Waals surface area contributed by atoms with Gasteiger partial charge in [-0.25, -0.2) is 18.6 Å². The van der Waals surface area contributed by atoms with Crippen molar-refractivity contribution in [2.45, 2.75) is 6.54 Å². The normalized spacial score (nSPS) is 13.5. The van der Waals surface area contributed by atoms with Gasteiger partial charge in [-0.2, -0.15) is 0 Å². The van der Waals surface area contributed by atoms with Crippen molar-refractivity contribution >= 4 is 17.8 Å². The van der Waals surface area contributed by atoms with Gasteiger partial charge in [-0.1, -0.05) is 6.07 Å². The molecule has 0 unspecified atom stereocenters. The zero-order valence-corrected chi connectivity index (χ0v) is 13.9. The number of hydrogen-bond acceptors (Lipinski definition) is 5. The SMILES string of the molecule is O=C(CN1CC(=O)NC1=O)NCc1cccnc1Oc1ccc(F)cc1F. The second-order valence-corrected chi connectivity index (χ2v) is 5.63. The van der Waals surface area contributed by atoms with E-state index in [0.717, 1.165) is 17.0 Å². The molecule has 4 amide bonds. The van der Waals surface area contributed by atoms with Crippen LogP contribution in [-0.2, 0) is 16.1 Å². The van der Waals surface area contributed by atoms with Crippen molar-refractivity contribution in [2.24, 2.45) is 0 Å². The molecule has 2 N–H and O–H groups in total. The van der Waals surface area contributed by atoms with Crippen molar-refractivity contribution in [3.05, 3.63) is 53.7 Å². The number of carbonyl (C=O) groups excluding carboxylic acids is 3. The molecule has 0 spiro atoms. The molecule has 27 heavy (non-hydrogen) atoms. The molecule has 1 saturated heterocycles. The van der Waals surface area contributed by atoms with Crippen molar-refractivity contribution in [3.63, 3.8) is 0 Å². The minimum absolute atomic E-state index is 0.00573. The molecule has 10 heteroatoms. The summed E-state index contributed by atoms with van der Waals surface area (Å²) in [6.45, 7) is -0.480. The molecule has 0 radical (unpaired) electrons. The van der Waals surface area contributed by atoms with Gasteiger partial charge in [0.25, 0.3) is 0 Å². The second kappa shape index (κ2) is 7.77. The number of urea groups is 1. The maximum Gasteiger partial charge on any atom is 0.325 e. The molecule has 3 rings (SSSR count). The smallest absolute Gasteiger partial charge is 0.325 e. The first kappa shape index (κ1) is 18.2. The molecule has 1 aliphatic rings. The van der Waals surface area contributed by atoms with Crippen LogP contribution in [0.5, 0.6) is 11.6 Å². The minimum atomic E-state index is -0.889. The average Bonchev–Trinajstić information content (AvgIpc) is 2.93. The van der Waals surface area contributed by atoms with E-state index in [0.29, 0.717) is 11.6 Å². The molecule has 1 aliphatic heterocycles. The van der Waals surface area contributed by atoms with Gasteiger partial charge < -0.3 is 15.0 Å². The number of imide groups is 1. The topological polar surface area (TPSA) is 101 Å². The van der Waals surface area contributed by atoms with E-state index >= 15 is 0 Å². The van der Waals surface area contributed by atoms with Gasteiger partial charge in [0.15, 0.2) is 11.6 Å². The summed E-state index contributed by atoms with van der Waals surface area (Å²) >= 11 is 0. The Labute approximate surface area is 152 Å². The van der Waals surface area contributed by atoms with Crippen LogP contribution in [0.1, 0.15) is 5.56 Å². The molecular weight excluding hydrogens is 362 g/mol. The van der Waals surface area contributed by atoms with Crippen LogP contribution in [0, 0.1) is 11.6 Å². The highest BCUT2D eigenvalue weighted by Gasteiger charge is 2.28. The van der Waals surface area contributed by atoms with Crippen LogP contribution in [0.25, 0.3) is 0 Å². The van der Waals surface area contributed by atoms with Crippen molar-refractivity contribution in [1.29, 1.82) is 0 Å². The highest BCUT2D eigenvalue weighted by Crippen LogP contribution is 2.25. The minimum Gasteiger partial charge on any atom is -0.436 e. The molecule has 0 aliphatic carbocycles. The van der Waals surface area contributed by atoms with Crippen molar-refractivity contribution in [3.8, 4) is 11.6 Å². The quantitative estimate of drug-likeness (QED) is 0.741. The number of ether oxygens (including phenoxy) is 1. The molecular formula is C17H14F2N4O4. The summed E-state index contributed by atoms with van der Waals surface area (Å²) in [6.07, 6.45) is 1.42. The maximum atomic E-state index is 13.7. The fourth-order valence-corrected chi connectivity index (χ4v) is 2.35. The lowest BCUT2D eigenvalue weighted by molar-refractivity contribution is -0.122. The van der Waals surface area contributed by atoms with Crippen LogP contribution in [-0.4, -0.2) is 40.8 Å². The van der Waals surface area contributed by atoms with Gasteiger partial charge in [0.2, 0.25) is 17.7 Å². The van der Waals surface area contributed by atoms with Crippen LogP contribution < -0.4 is 15.4 Å². The Bertz CT molecular complexity index is 906. The third-order valence-corrected chi connectivity index (χ3v) is 3.63. The van der Waals surface area contributed by atoms with Crippen LogP contribution in [0.15, 0.2) is 36.5 Å². The van der Waals surface area contributed by atoms with E-state index in [1.165, 1.54) is 6.20 Å². The fraction of sp³-hybridized carbons (Fsp3) is 0.176. The number of hydrogen-bond donors (Lipinski definition) is 2. The summed E-state index contributed by atoms with van der Waals surface area (Å²) < 4.78 is 32.1. The van der Waals surface area contributed by atoms with E-state index in [-0.39, 0.29) is 31.3 Å². The summed E-state index contributed by atoms with van der Waals surface area (Å²) in [5, 5.41) is 4.63. The molecule has 0 bridgehead atoms. The number of aromatic nitrogens is 1. The monoisotopic (exact) mass is 376 g/mol. The van der Waals surface area contributed by atoms with Crippen LogP contribution in [0.4, 0.5) is 13.6 Å². The Morgan fingerprint density at radius 3 is 2.81 bits per heavy atom. The predicted molar refractivity (Wildman–Crippen MR) is 87.6 cm³/mol. The van der Waals surface area contributed by atoms with Crippen molar-refractivity contribution in [1.82, 2.24) is 20.5 Å². The average molecular weight is 376 g/mol. The third-order valence-electron chi connectivity index (χ3n) is 3.63. The number of nitrogens with one attached hydrogen (secondary N) is 2. The standard InChI is InChI=1S/C17H14F2N4O4/c18-11-3-4-13(12(19)6-11)27-16-10(2-1-5-20-16)7-21-14(24)8-23-9-15(25)22-17(23)26/h1-6H,7-9H2,(H,21,24)(H,22,25,26). The number of halogens is 2. The van der Waals surface area contributed by atoms with E-state index in [1.807, 2.05) is 0 Å². The molecule has 8 nitrogen and oxygen atoms in total. The molecule has 0 saturated carbocycles. The number of rotatable bonds is 6. The summed E-state index contributed by atoms with van der Waals surface area (Å²) in [7, 11) is 0. The van der Waals surface area contributed by atoms with Gasteiger partial charge >= 0.3 is 6.03 Å². The van der Waals surface area contributed by atoms with Crippen LogP contribution in [0.2, 0.25) is 0 Å². The first-order valence-electron chi connectivity index (χ1n) is 7.84. The largest absolute Gasteiger partial charge is 0.436 e. The van der Waals surface area contributed by atoms with E-state index in [9.17, 15) is 23.2 Å². The molecule has 1 fully saturated rings. The lowest BCUT2D eigenvalue weighted by atomic mass is 10.2.